The molecule has 2 aromatic carbocycles. The molecule has 100 valence electrons. The number of hydrogen-bond donors (Lipinski definition) is 2. The van der Waals surface area contributed by atoms with Gasteiger partial charge in [-0.2, -0.15) is 0 Å². The maximum Gasteiger partial charge on any atom is 0.131 e. The summed E-state index contributed by atoms with van der Waals surface area (Å²) in [5, 5.41) is 12.6. The highest BCUT2D eigenvalue weighted by molar-refractivity contribution is 5.52. The van der Waals surface area contributed by atoms with Crippen LogP contribution in [0, 0.1) is 11.6 Å². The number of benzene rings is 2. The van der Waals surface area contributed by atoms with Gasteiger partial charge in [0.15, 0.2) is 0 Å². The van der Waals surface area contributed by atoms with Gasteiger partial charge in [-0.1, -0.05) is 24.3 Å². The van der Waals surface area contributed by atoms with E-state index in [1.54, 1.807) is 31.2 Å². The lowest BCUT2D eigenvalue weighted by Gasteiger charge is -2.14. The number of anilines is 1. The van der Waals surface area contributed by atoms with Gasteiger partial charge in [-0.25, -0.2) is 8.78 Å². The van der Waals surface area contributed by atoms with Crippen molar-refractivity contribution >= 4 is 5.69 Å². The zero-order valence-electron chi connectivity index (χ0n) is 10.5. The molecule has 0 spiro atoms. The average Bonchev–Trinajstić information content (AvgIpc) is 2.38. The molecule has 0 radical (unpaired) electrons. The standard InChI is InChI=1S/C15H15F2NO/c1-10(19)11-5-2-3-8-15(11)18-9-12-13(16)6-4-7-14(12)17/h2-8,10,18-19H,9H2,1H3. The number of halogens is 2. The summed E-state index contributed by atoms with van der Waals surface area (Å²) < 4.78 is 27.0. The first-order valence-electron chi connectivity index (χ1n) is 6.03. The van der Waals surface area contributed by atoms with Crippen molar-refractivity contribution in [1.82, 2.24) is 0 Å². The van der Waals surface area contributed by atoms with Crippen molar-refractivity contribution in [3.63, 3.8) is 0 Å². The SMILES string of the molecule is CC(O)c1ccccc1NCc1c(F)cccc1F. The Hall–Kier alpha value is -1.94. The molecule has 4 heteroatoms. The van der Waals surface area contributed by atoms with Crippen molar-refractivity contribution in [3.05, 3.63) is 65.2 Å². The molecule has 2 aromatic rings. The summed E-state index contributed by atoms with van der Waals surface area (Å²) in [7, 11) is 0. The average molecular weight is 263 g/mol. The minimum atomic E-state index is -0.644. The molecule has 0 bridgehead atoms. The fourth-order valence-corrected chi connectivity index (χ4v) is 1.91. The summed E-state index contributed by atoms with van der Waals surface area (Å²) in [5.74, 6) is -1.16. The van der Waals surface area contributed by atoms with Crippen LogP contribution in [0.25, 0.3) is 0 Å². The highest BCUT2D eigenvalue weighted by atomic mass is 19.1. The van der Waals surface area contributed by atoms with Crippen LogP contribution in [0.15, 0.2) is 42.5 Å². The Balaban J connectivity index is 2.19. The summed E-state index contributed by atoms with van der Waals surface area (Å²) in [6.45, 7) is 1.67. The van der Waals surface area contributed by atoms with Crippen LogP contribution < -0.4 is 5.32 Å². The zero-order chi connectivity index (χ0) is 13.8. The van der Waals surface area contributed by atoms with Gasteiger partial charge < -0.3 is 10.4 Å². The molecule has 2 nitrogen and oxygen atoms in total. The molecule has 0 amide bonds. The van der Waals surface area contributed by atoms with Crippen LogP contribution in [-0.4, -0.2) is 5.11 Å². The van der Waals surface area contributed by atoms with Gasteiger partial charge in [-0.3, -0.25) is 0 Å². The summed E-state index contributed by atoms with van der Waals surface area (Å²) in [4.78, 5) is 0. The third-order valence-corrected chi connectivity index (χ3v) is 2.93. The van der Waals surface area contributed by atoms with Crippen LogP contribution in [0.2, 0.25) is 0 Å². The molecule has 0 aliphatic heterocycles. The van der Waals surface area contributed by atoms with Crippen LogP contribution in [0.1, 0.15) is 24.2 Å². The lowest BCUT2D eigenvalue weighted by molar-refractivity contribution is 0.200. The van der Waals surface area contributed by atoms with E-state index in [9.17, 15) is 13.9 Å². The lowest BCUT2D eigenvalue weighted by atomic mass is 10.1. The Bertz CT molecular complexity index is 550. The number of aliphatic hydroxyl groups is 1. The lowest BCUT2D eigenvalue weighted by Crippen LogP contribution is -2.07. The molecule has 0 fully saturated rings. The minimum Gasteiger partial charge on any atom is -0.389 e. The van der Waals surface area contributed by atoms with Gasteiger partial charge >= 0.3 is 0 Å². The van der Waals surface area contributed by atoms with E-state index in [0.29, 0.717) is 11.3 Å². The summed E-state index contributed by atoms with van der Waals surface area (Å²) in [6.07, 6.45) is -0.644. The fourth-order valence-electron chi connectivity index (χ4n) is 1.91. The van der Waals surface area contributed by atoms with Crippen LogP contribution in [0.5, 0.6) is 0 Å². The van der Waals surface area contributed by atoms with Crippen LogP contribution in [0.4, 0.5) is 14.5 Å². The van der Waals surface area contributed by atoms with Gasteiger partial charge in [-0.05, 0) is 25.1 Å². The predicted octanol–water partition coefficient (Wildman–Crippen LogP) is 3.63. The van der Waals surface area contributed by atoms with Crippen molar-refractivity contribution in [2.75, 3.05) is 5.32 Å². The smallest absolute Gasteiger partial charge is 0.131 e. The number of aliphatic hydroxyl groups excluding tert-OH is 1. The summed E-state index contributed by atoms with van der Waals surface area (Å²) >= 11 is 0. The van der Waals surface area contributed by atoms with E-state index >= 15 is 0 Å². The van der Waals surface area contributed by atoms with E-state index in [4.69, 9.17) is 0 Å². The van der Waals surface area contributed by atoms with Crippen molar-refractivity contribution in [2.24, 2.45) is 0 Å². The molecular weight excluding hydrogens is 248 g/mol. The van der Waals surface area contributed by atoms with Gasteiger partial charge in [0.2, 0.25) is 0 Å². The molecule has 0 aliphatic rings. The molecular formula is C15H15F2NO. The first kappa shape index (κ1) is 13.5. The molecule has 2 rings (SSSR count). The Kier molecular flexibility index (Phi) is 4.12. The minimum absolute atomic E-state index is 0.0112. The van der Waals surface area contributed by atoms with E-state index in [-0.39, 0.29) is 12.1 Å². The van der Waals surface area contributed by atoms with Crippen molar-refractivity contribution in [1.29, 1.82) is 0 Å². The van der Waals surface area contributed by atoms with Gasteiger partial charge in [0.25, 0.3) is 0 Å². The number of para-hydroxylation sites is 1. The molecule has 1 atom stereocenters. The van der Waals surface area contributed by atoms with Crippen molar-refractivity contribution in [3.8, 4) is 0 Å². The van der Waals surface area contributed by atoms with E-state index < -0.39 is 17.7 Å². The highest BCUT2D eigenvalue weighted by Gasteiger charge is 2.10. The van der Waals surface area contributed by atoms with Crippen LogP contribution in [0.3, 0.4) is 0 Å². The molecule has 0 saturated carbocycles. The first-order chi connectivity index (χ1) is 9.09. The molecule has 19 heavy (non-hydrogen) atoms. The van der Waals surface area contributed by atoms with Gasteiger partial charge in [-0.15, -0.1) is 0 Å². The Morgan fingerprint density at radius 1 is 1.05 bits per heavy atom. The van der Waals surface area contributed by atoms with E-state index in [1.807, 2.05) is 0 Å². The van der Waals surface area contributed by atoms with Crippen molar-refractivity contribution in [2.45, 2.75) is 19.6 Å². The van der Waals surface area contributed by atoms with Crippen LogP contribution >= 0.6 is 0 Å². The Morgan fingerprint density at radius 3 is 2.32 bits per heavy atom. The van der Waals surface area contributed by atoms with E-state index in [1.165, 1.54) is 18.2 Å². The maximum atomic E-state index is 13.5. The third-order valence-electron chi connectivity index (χ3n) is 2.93. The number of nitrogens with one attached hydrogen (secondary N) is 1. The molecule has 0 aromatic heterocycles. The van der Waals surface area contributed by atoms with Crippen molar-refractivity contribution < 1.29 is 13.9 Å². The number of hydrogen-bond acceptors (Lipinski definition) is 2. The molecule has 0 heterocycles. The zero-order valence-corrected chi connectivity index (χ0v) is 10.5. The monoisotopic (exact) mass is 263 g/mol. The van der Waals surface area contributed by atoms with E-state index in [0.717, 1.165) is 0 Å². The van der Waals surface area contributed by atoms with Gasteiger partial charge in [0.05, 0.1) is 6.10 Å². The molecule has 1 unspecified atom stereocenters. The topological polar surface area (TPSA) is 32.3 Å². The summed E-state index contributed by atoms with van der Waals surface area (Å²) in [6, 6.07) is 10.9. The second kappa shape index (κ2) is 5.80. The van der Waals surface area contributed by atoms with Crippen LogP contribution in [-0.2, 0) is 6.54 Å². The largest absolute Gasteiger partial charge is 0.389 e. The first-order valence-corrected chi connectivity index (χ1v) is 6.03. The molecule has 0 aliphatic carbocycles. The Labute approximate surface area is 110 Å². The maximum absolute atomic E-state index is 13.5. The second-order valence-electron chi connectivity index (χ2n) is 4.32. The predicted molar refractivity (Wildman–Crippen MR) is 70.8 cm³/mol. The van der Waals surface area contributed by atoms with E-state index in [2.05, 4.69) is 5.32 Å². The molecule has 0 saturated heterocycles. The quantitative estimate of drug-likeness (QED) is 0.882. The Morgan fingerprint density at radius 2 is 1.68 bits per heavy atom. The second-order valence-corrected chi connectivity index (χ2v) is 4.32. The number of rotatable bonds is 4. The molecule has 2 N–H and O–H groups in total. The third kappa shape index (κ3) is 3.09. The highest BCUT2D eigenvalue weighted by Crippen LogP contribution is 2.23. The van der Waals surface area contributed by atoms with Gasteiger partial charge in [0.1, 0.15) is 11.6 Å². The normalized spacial score (nSPS) is 12.2. The fraction of sp³-hybridized carbons (Fsp3) is 0.200. The summed E-state index contributed by atoms with van der Waals surface area (Å²) in [5.41, 5.74) is 1.35. The van der Waals surface area contributed by atoms with Gasteiger partial charge in [0, 0.05) is 23.4 Å².